The Morgan fingerprint density at radius 1 is 0.381 bits per heavy atom. The van der Waals surface area contributed by atoms with Crippen LogP contribution in [-0.4, -0.2) is 193 Å². The zero-order valence-electron chi connectivity index (χ0n) is 52.4. The summed E-state index contributed by atoms with van der Waals surface area (Å²) in [5.41, 5.74) is 0. The van der Waals surface area contributed by atoms with Crippen molar-refractivity contribution in [1.82, 2.24) is 5.32 Å². The number of rotatable bonds is 53. The lowest BCUT2D eigenvalue weighted by atomic mass is 9.96. The summed E-state index contributed by atoms with van der Waals surface area (Å²) < 4.78 is 34.3. The van der Waals surface area contributed by atoms with Crippen LogP contribution in [-0.2, 0) is 33.2 Å². The van der Waals surface area contributed by atoms with Gasteiger partial charge in [0.15, 0.2) is 18.9 Å². The van der Waals surface area contributed by atoms with Gasteiger partial charge < -0.3 is 89.9 Å². The fourth-order valence-electron chi connectivity index (χ4n) is 12.1. The third-order valence-electron chi connectivity index (χ3n) is 17.7. The van der Waals surface area contributed by atoms with Crippen molar-refractivity contribution in [3.63, 3.8) is 0 Å². The maximum absolute atomic E-state index is 13.3. The molecule has 84 heavy (non-hydrogen) atoms. The van der Waals surface area contributed by atoms with Crippen LogP contribution in [0.25, 0.3) is 0 Å². The second-order valence-electron chi connectivity index (χ2n) is 25.0. The minimum atomic E-state index is -1.97. The SMILES string of the molecule is CCCCCCCCCCCCCCCCCCCCCCCCCCCCCCCCCC(O)C(COC1OC(CO)C(OC2OC(CO)C(OC3OC(CO)C(O)C(O)C3O)C(O)C2O)C(O)C1O)NC(=O)CCCCCCCCCC. The largest absolute Gasteiger partial charge is 0.394 e. The van der Waals surface area contributed by atoms with Crippen molar-refractivity contribution in [3.05, 3.63) is 0 Å². The number of aliphatic hydroxyl groups is 11. The van der Waals surface area contributed by atoms with Gasteiger partial charge in [0.2, 0.25) is 5.91 Å². The topological polar surface area (TPSA) is 307 Å². The molecule has 0 radical (unpaired) electrons. The Balaban J connectivity index is 1.33. The van der Waals surface area contributed by atoms with Gasteiger partial charge in [0.05, 0.1) is 38.6 Å². The molecule has 3 aliphatic rings. The lowest BCUT2D eigenvalue weighted by Crippen LogP contribution is -2.66. The van der Waals surface area contributed by atoms with Crippen molar-refractivity contribution in [2.75, 3.05) is 26.4 Å². The van der Waals surface area contributed by atoms with Gasteiger partial charge in [0.1, 0.15) is 73.2 Å². The predicted octanol–water partition coefficient (Wildman–Crippen LogP) is 8.33. The van der Waals surface area contributed by atoms with E-state index in [9.17, 15) is 61.0 Å². The highest BCUT2D eigenvalue weighted by Crippen LogP contribution is 2.33. The van der Waals surface area contributed by atoms with Gasteiger partial charge in [-0.1, -0.05) is 258 Å². The molecule has 0 aromatic rings. The maximum atomic E-state index is 13.3. The second kappa shape index (κ2) is 48.6. The average molecular weight is 1210 g/mol. The maximum Gasteiger partial charge on any atom is 0.220 e. The molecule has 12 N–H and O–H groups in total. The lowest BCUT2D eigenvalue weighted by molar-refractivity contribution is -0.379. The Hall–Kier alpha value is -1.21. The fraction of sp³-hybridized carbons (Fsp3) is 0.985. The highest BCUT2D eigenvalue weighted by Gasteiger charge is 2.53. The first-order valence-corrected chi connectivity index (χ1v) is 34.3. The van der Waals surface area contributed by atoms with Gasteiger partial charge in [-0.2, -0.15) is 0 Å². The van der Waals surface area contributed by atoms with Gasteiger partial charge in [-0.05, 0) is 12.8 Å². The number of aliphatic hydroxyl groups excluding tert-OH is 11. The number of amides is 1. The van der Waals surface area contributed by atoms with E-state index < -0.39 is 124 Å². The standard InChI is InChI=1S/C65H125NO18/c1-3-5-7-9-11-13-14-15-16-17-18-19-20-21-22-23-24-25-26-27-28-29-30-31-32-33-34-35-36-38-40-42-49(70)48(66-53(71)43-41-39-37-12-10-8-6-4-2)47-79-63-59(77)56(74)61(51(45-68)81-63)84-65-60(78)57(75)62(52(46-69)82-65)83-64-58(76)55(73)54(72)50(44-67)80-64/h48-52,54-65,67-70,72-78H,3-47H2,1-2H3,(H,66,71). The van der Waals surface area contributed by atoms with Crippen LogP contribution in [0.5, 0.6) is 0 Å². The summed E-state index contributed by atoms with van der Waals surface area (Å²) in [6.45, 7) is 1.78. The number of ether oxygens (including phenoxy) is 6. The van der Waals surface area contributed by atoms with Gasteiger partial charge in [0.25, 0.3) is 0 Å². The molecular weight excluding hydrogens is 1080 g/mol. The highest BCUT2D eigenvalue weighted by atomic mass is 16.8. The van der Waals surface area contributed by atoms with E-state index in [-0.39, 0.29) is 18.9 Å². The molecule has 0 aliphatic carbocycles. The van der Waals surface area contributed by atoms with E-state index in [2.05, 4.69) is 19.2 Å². The lowest BCUT2D eigenvalue weighted by Gasteiger charge is -2.48. The summed E-state index contributed by atoms with van der Waals surface area (Å²) in [5, 5.41) is 120. The summed E-state index contributed by atoms with van der Waals surface area (Å²) >= 11 is 0. The molecule has 498 valence electrons. The molecule has 0 aromatic heterocycles. The van der Waals surface area contributed by atoms with Crippen LogP contribution in [0.4, 0.5) is 0 Å². The molecule has 3 saturated heterocycles. The van der Waals surface area contributed by atoms with Crippen molar-refractivity contribution in [2.24, 2.45) is 0 Å². The van der Waals surface area contributed by atoms with Crippen molar-refractivity contribution in [2.45, 2.75) is 381 Å². The summed E-state index contributed by atoms with van der Waals surface area (Å²) in [7, 11) is 0. The van der Waals surface area contributed by atoms with Gasteiger partial charge in [0, 0.05) is 6.42 Å². The van der Waals surface area contributed by atoms with Gasteiger partial charge in [-0.15, -0.1) is 0 Å². The number of carbonyl (C=O) groups excluding carboxylic acids is 1. The minimum absolute atomic E-state index is 0.244. The Labute approximate surface area is 506 Å². The molecule has 0 bridgehead atoms. The molecule has 3 heterocycles. The fourth-order valence-corrected chi connectivity index (χ4v) is 12.1. The van der Waals surface area contributed by atoms with Crippen LogP contribution in [0.3, 0.4) is 0 Å². The number of carbonyl (C=O) groups is 1. The van der Waals surface area contributed by atoms with Crippen molar-refractivity contribution >= 4 is 5.91 Å². The first kappa shape index (κ1) is 77.0. The molecule has 0 spiro atoms. The quantitative estimate of drug-likeness (QED) is 0.0255. The molecule has 3 aliphatic heterocycles. The van der Waals surface area contributed by atoms with E-state index in [1.165, 1.54) is 199 Å². The first-order chi connectivity index (χ1) is 40.8. The van der Waals surface area contributed by atoms with E-state index in [0.29, 0.717) is 12.8 Å². The molecule has 3 fully saturated rings. The summed E-state index contributed by atoms with van der Waals surface area (Å²) in [4.78, 5) is 13.3. The summed E-state index contributed by atoms with van der Waals surface area (Å²) in [6, 6.07) is -0.879. The van der Waals surface area contributed by atoms with E-state index in [4.69, 9.17) is 28.4 Å². The normalized spacial score (nSPS) is 29.1. The number of hydrogen-bond donors (Lipinski definition) is 12. The number of hydrogen-bond acceptors (Lipinski definition) is 18. The zero-order chi connectivity index (χ0) is 61.2. The van der Waals surface area contributed by atoms with E-state index in [1.807, 2.05) is 0 Å². The molecule has 19 nitrogen and oxygen atoms in total. The van der Waals surface area contributed by atoms with Crippen molar-refractivity contribution in [1.29, 1.82) is 0 Å². The van der Waals surface area contributed by atoms with E-state index in [0.717, 1.165) is 44.9 Å². The van der Waals surface area contributed by atoms with Crippen LogP contribution in [0.15, 0.2) is 0 Å². The monoisotopic (exact) mass is 1210 g/mol. The molecular formula is C65H125NO18. The second-order valence-corrected chi connectivity index (χ2v) is 25.0. The van der Waals surface area contributed by atoms with Gasteiger partial charge in [-0.25, -0.2) is 0 Å². The summed E-state index contributed by atoms with van der Waals surface area (Å²) in [6.07, 6.45) is 23.9. The number of unbranched alkanes of at least 4 members (excludes halogenated alkanes) is 37. The molecule has 0 aromatic carbocycles. The average Bonchev–Trinajstić information content (AvgIpc) is 2.89. The molecule has 17 unspecified atom stereocenters. The molecule has 0 saturated carbocycles. The smallest absolute Gasteiger partial charge is 0.220 e. The van der Waals surface area contributed by atoms with Crippen LogP contribution in [0.2, 0.25) is 0 Å². The Kier molecular flexibility index (Phi) is 44.6. The van der Waals surface area contributed by atoms with Gasteiger partial charge >= 0.3 is 0 Å². The Morgan fingerprint density at radius 3 is 1.04 bits per heavy atom. The third-order valence-corrected chi connectivity index (χ3v) is 17.7. The number of nitrogens with one attached hydrogen (secondary N) is 1. The highest BCUT2D eigenvalue weighted by molar-refractivity contribution is 5.76. The van der Waals surface area contributed by atoms with Crippen LogP contribution in [0.1, 0.15) is 277 Å². The van der Waals surface area contributed by atoms with Crippen LogP contribution < -0.4 is 5.32 Å². The Morgan fingerprint density at radius 2 is 0.679 bits per heavy atom. The Bertz CT molecular complexity index is 1540. The van der Waals surface area contributed by atoms with Crippen LogP contribution >= 0.6 is 0 Å². The first-order valence-electron chi connectivity index (χ1n) is 34.3. The molecule has 19 heteroatoms. The van der Waals surface area contributed by atoms with Crippen molar-refractivity contribution < 1.29 is 89.4 Å². The van der Waals surface area contributed by atoms with Crippen LogP contribution in [0, 0.1) is 0 Å². The van der Waals surface area contributed by atoms with E-state index in [1.54, 1.807) is 0 Å². The molecule has 3 rings (SSSR count). The minimum Gasteiger partial charge on any atom is -0.394 e. The van der Waals surface area contributed by atoms with Crippen molar-refractivity contribution in [3.8, 4) is 0 Å². The van der Waals surface area contributed by atoms with Gasteiger partial charge in [-0.3, -0.25) is 4.79 Å². The predicted molar refractivity (Wildman–Crippen MR) is 324 cm³/mol. The zero-order valence-corrected chi connectivity index (χ0v) is 52.4. The summed E-state index contributed by atoms with van der Waals surface area (Å²) in [5.74, 6) is -0.244. The third kappa shape index (κ3) is 31.0. The van der Waals surface area contributed by atoms with E-state index >= 15 is 0 Å². The molecule has 1 amide bonds. The molecule has 17 atom stereocenters.